The Morgan fingerprint density at radius 3 is 2.68 bits per heavy atom. The summed E-state index contributed by atoms with van der Waals surface area (Å²) in [6.07, 6.45) is 1.30. The number of nitrogens with zero attached hydrogens (tertiary/aromatic N) is 2. The SMILES string of the molecule is C=CC(=O)N1CC(c2nc3ccc(-c4cc(O)cc5ccccc45)c(C(N)=O)c3[nH]2)C1. The Balaban J connectivity index is 1.65. The summed E-state index contributed by atoms with van der Waals surface area (Å²) in [6, 6.07) is 14.6. The number of hydrogen-bond donors (Lipinski definition) is 3. The van der Waals surface area contributed by atoms with E-state index in [4.69, 9.17) is 5.73 Å². The predicted molar refractivity (Wildman–Crippen MR) is 119 cm³/mol. The number of carbonyl (C=O) groups is 2. The molecule has 1 aliphatic rings. The largest absolute Gasteiger partial charge is 0.508 e. The number of benzene rings is 3. The second-order valence-corrected chi connectivity index (χ2v) is 7.73. The van der Waals surface area contributed by atoms with Crippen LogP contribution in [-0.2, 0) is 4.79 Å². The third-order valence-electron chi connectivity index (χ3n) is 5.81. The van der Waals surface area contributed by atoms with Crippen LogP contribution in [0.2, 0.25) is 0 Å². The lowest BCUT2D eigenvalue weighted by Gasteiger charge is -2.37. The number of aromatic amines is 1. The van der Waals surface area contributed by atoms with Crippen molar-refractivity contribution in [1.29, 1.82) is 0 Å². The number of rotatable bonds is 4. The van der Waals surface area contributed by atoms with Gasteiger partial charge in [0, 0.05) is 13.1 Å². The van der Waals surface area contributed by atoms with Gasteiger partial charge in [0.25, 0.3) is 5.91 Å². The average molecular weight is 412 g/mol. The first-order chi connectivity index (χ1) is 15.0. The molecule has 7 nitrogen and oxygen atoms in total. The smallest absolute Gasteiger partial charge is 0.251 e. The lowest BCUT2D eigenvalue weighted by Crippen LogP contribution is -2.48. The number of nitrogens with one attached hydrogen (secondary N) is 1. The quantitative estimate of drug-likeness (QED) is 0.447. The summed E-state index contributed by atoms with van der Waals surface area (Å²) < 4.78 is 0. The van der Waals surface area contributed by atoms with Gasteiger partial charge in [0.15, 0.2) is 0 Å². The van der Waals surface area contributed by atoms with Crippen LogP contribution < -0.4 is 5.73 Å². The molecule has 0 aliphatic carbocycles. The molecule has 7 heteroatoms. The van der Waals surface area contributed by atoms with Gasteiger partial charge in [0.05, 0.1) is 22.5 Å². The highest BCUT2D eigenvalue weighted by Gasteiger charge is 2.33. The third kappa shape index (κ3) is 3.02. The molecular formula is C24H20N4O3. The Hall–Kier alpha value is -4.13. The minimum absolute atomic E-state index is 0.0575. The monoisotopic (exact) mass is 412 g/mol. The van der Waals surface area contributed by atoms with E-state index in [-0.39, 0.29) is 17.6 Å². The van der Waals surface area contributed by atoms with Gasteiger partial charge < -0.3 is 20.7 Å². The van der Waals surface area contributed by atoms with E-state index in [1.54, 1.807) is 17.0 Å². The van der Waals surface area contributed by atoms with Gasteiger partial charge in [0.2, 0.25) is 5.91 Å². The first-order valence-electron chi connectivity index (χ1n) is 9.92. The maximum Gasteiger partial charge on any atom is 0.251 e. The van der Waals surface area contributed by atoms with Crippen molar-refractivity contribution in [2.45, 2.75) is 5.92 Å². The summed E-state index contributed by atoms with van der Waals surface area (Å²) in [4.78, 5) is 33.8. The van der Waals surface area contributed by atoms with Crippen molar-refractivity contribution in [3.05, 3.63) is 72.6 Å². The molecule has 0 atom stereocenters. The molecular weight excluding hydrogens is 392 g/mol. The maximum atomic E-state index is 12.5. The minimum atomic E-state index is -0.583. The van der Waals surface area contributed by atoms with E-state index >= 15 is 0 Å². The van der Waals surface area contributed by atoms with Crippen LogP contribution in [-0.4, -0.2) is 44.9 Å². The molecule has 2 amide bonds. The third-order valence-corrected chi connectivity index (χ3v) is 5.81. The molecule has 4 N–H and O–H groups in total. The number of carbonyl (C=O) groups excluding carboxylic acids is 2. The number of phenols is 1. The molecule has 3 aromatic carbocycles. The Morgan fingerprint density at radius 2 is 1.94 bits per heavy atom. The van der Waals surface area contributed by atoms with Gasteiger partial charge in [-0.1, -0.05) is 36.9 Å². The van der Waals surface area contributed by atoms with Gasteiger partial charge >= 0.3 is 0 Å². The maximum absolute atomic E-state index is 12.5. The van der Waals surface area contributed by atoms with Crippen LogP contribution in [0.4, 0.5) is 0 Å². The molecule has 1 saturated heterocycles. The van der Waals surface area contributed by atoms with Crippen molar-refractivity contribution >= 4 is 33.6 Å². The van der Waals surface area contributed by atoms with Crippen molar-refractivity contribution in [1.82, 2.24) is 14.9 Å². The Kier molecular flexibility index (Phi) is 4.25. The normalized spacial score (nSPS) is 14.0. The van der Waals surface area contributed by atoms with E-state index < -0.39 is 5.91 Å². The molecule has 0 bridgehead atoms. The number of primary amides is 1. The summed E-state index contributed by atoms with van der Waals surface area (Å²) in [5, 5.41) is 12.0. The summed E-state index contributed by atoms with van der Waals surface area (Å²) in [5.74, 6) is 0.185. The fraction of sp³-hybridized carbons (Fsp3) is 0.125. The predicted octanol–water partition coefficient (Wildman–Crippen LogP) is 3.30. The summed E-state index contributed by atoms with van der Waals surface area (Å²) >= 11 is 0. The summed E-state index contributed by atoms with van der Waals surface area (Å²) in [5.41, 5.74) is 8.65. The second-order valence-electron chi connectivity index (χ2n) is 7.73. The molecule has 1 fully saturated rings. The zero-order valence-corrected chi connectivity index (χ0v) is 16.6. The molecule has 0 radical (unpaired) electrons. The van der Waals surface area contributed by atoms with Gasteiger partial charge in [-0.2, -0.15) is 0 Å². The lowest BCUT2D eigenvalue weighted by atomic mass is 9.93. The van der Waals surface area contributed by atoms with Gasteiger partial charge in [-0.3, -0.25) is 9.59 Å². The number of hydrogen-bond acceptors (Lipinski definition) is 4. The Labute approximate surface area is 177 Å². The molecule has 2 heterocycles. The molecule has 0 spiro atoms. The van der Waals surface area contributed by atoms with E-state index in [2.05, 4.69) is 16.5 Å². The van der Waals surface area contributed by atoms with Crippen LogP contribution in [0, 0.1) is 0 Å². The Bertz CT molecular complexity index is 1380. The van der Waals surface area contributed by atoms with E-state index in [1.165, 1.54) is 6.08 Å². The van der Waals surface area contributed by atoms with E-state index in [0.717, 1.165) is 10.8 Å². The summed E-state index contributed by atoms with van der Waals surface area (Å²) in [7, 11) is 0. The number of aromatic hydroxyl groups is 1. The highest BCUT2D eigenvalue weighted by molar-refractivity contribution is 6.13. The molecule has 0 unspecified atom stereocenters. The van der Waals surface area contributed by atoms with Crippen LogP contribution in [0.3, 0.4) is 0 Å². The number of phenolic OH excluding ortho intramolecular Hbond substituents is 1. The number of H-pyrrole nitrogens is 1. The first-order valence-corrected chi connectivity index (χ1v) is 9.92. The van der Waals surface area contributed by atoms with Gasteiger partial charge in [0.1, 0.15) is 11.6 Å². The van der Waals surface area contributed by atoms with Crippen molar-refractivity contribution in [2.24, 2.45) is 5.73 Å². The average Bonchev–Trinajstić information content (AvgIpc) is 3.14. The van der Waals surface area contributed by atoms with Gasteiger partial charge in [-0.15, -0.1) is 0 Å². The number of likely N-dealkylation sites (tertiary alicyclic amines) is 1. The fourth-order valence-corrected chi connectivity index (χ4v) is 4.25. The van der Waals surface area contributed by atoms with E-state index in [0.29, 0.717) is 46.6 Å². The van der Waals surface area contributed by atoms with Crippen molar-refractivity contribution in [2.75, 3.05) is 13.1 Å². The molecule has 1 aliphatic heterocycles. The highest BCUT2D eigenvalue weighted by atomic mass is 16.3. The minimum Gasteiger partial charge on any atom is -0.508 e. The van der Waals surface area contributed by atoms with Crippen molar-refractivity contribution in [3.8, 4) is 16.9 Å². The zero-order valence-electron chi connectivity index (χ0n) is 16.6. The molecule has 4 aromatic rings. The van der Waals surface area contributed by atoms with Crippen LogP contribution in [0.1, 0.15) is 22.1 Å². The number of imidazole rings is 1. The van der Waals surface area contributed by atoms with Crippen LogP contribution in [0.15, 0.2) is 61.2 Å². The number of aromatic nitrogens is 2. The van der Waals surface area contributed by atoms with Crippen molar-refractivity contribution in [3.63, 3.8) is 0 Å². The molecule has 0 saturated carbocycles. The Morgan fingerprint density at radius 1 is 1.16 bits per heavy atom. The first kappa shape index (κ1) is 18.9. The zero-order chi connectivity index (χ0) is 21.7. The standard InChI is InChI=1S/C24H20N4O3/c1-2-20(30)28-11-14(12-28)24-26-19-8-7-17(21(23(25)31)22(19)27-24)18-10-15(29)9-13-5-3-4-6-16(13)18/h2-10,14,29H,1,11-12H2,(H2,25,31)(H,26,27). The molecule has 31 heavy (non-hydrogen) atoms. The van der Waals surface area contributed by atoms with E-state index in [9.17, 15) is 14.7 Å². The highest BCUT2D eigenvalue weighted by Crippen LogP contribution is 2.37. The van der Waals surface area contributed by atoms with Crippen LogP contribution in [0.5, 0.6) is 5.75 Å². The fourth-order valence-electron chi connectivity index (χ4n) is 4.25. The topological polar surface area (TPSA) is 112 Å². The van der Waals surface area contributed by atoms with Crippen LogP contribution >= 0.6 is 0 Å². The van der Waals surface area contributed by atoms with Crippen molar-refractivity contribution < 1.29 is 14.7 Å². The molecule has 5 rings (SSSR count). The summed E-state index contributed by atoms with van der Waals surface area (Å²) in [6.45, 7) is 4.59. The number of amides is 2. The van der Waals surface area contributed by atoms with Crippen LogP contribution in [0.25, 0.3) is 32.9 Å². The molecule has 154 valence electrons. The van der Waals surface area contributed by atoms with Gasteiger partial charge in [-0.25, -0.2) is 4.98 Å². The lowest BCUT2D eigenvalue weighted by molar-refractivity contribution is -0.130. The van der Waals surface area contributed by atoms with Gasteiger partial charge in [-0.05, 0) is 46.2 Å². The second kappa shape index (κ2) is 6.98. The number of fused-ring (bicyclic) bond motifs is 2. The molecule has 1 aromatic heterocycles. The number of nitrogens with two attached hydrogens (primary N) is 1. The van der Waals surface area contributed by atoms with E-state index in [1.807, 2.05) is 36.4 Å².